The minimum absolute atomic E-state index is 0.0267. The number of aryl methyl sites for hydroxylation is 1. The van der Waals surface area contributed by atoms with Gasteiger partial charge in [-0.05, 0) is 24.3 Å². The van der Waals surface area contributed by atoms with Gasteiger partial charge in [-0.25, -0.2) is 9.97 Å². The van der Waals surface area contributed by atoms with Crippen LogP contribution in [0.3, 0.4) is 0 Å². The second kappa shape index (κ2) is 11.8. The van der Waals surface area contributed by atoms with E-state index in [0.717, 1.165) is 52.7 Å². The second-order valence-electron chi connectivity index (χ2n) is 9.63. The number of amides is 1. The van der Waals surface area contributed by atoms with Crippen LogP contribution in [0, 0.1) is 5.21 Å². The Morgan fingerprint density at radius 2 is 2.03 bits per heavy atom. The van der Waals surface area contributed by atoms with Crippen molar-refractivity contribution in [3.8, 4) is 0 Å². The zero-order valence-electron chi connectivity index (χ0n) is 20.6. The van der Waals surface area contributed by atoms with Gasteiger partial charge in [0.25, 0.3) is 0 Å². The zero-order valence-corrected chi connectivity index (χ0v) is 23.0. The SMILES string of the molecule is O=C(CCc1nc2nc(N3CCOCC3)ccc2s1)NCCC[N+]1([O-])CCCC1c1ccc(Cl)c(Cl)c1. The van der Waals surface area contributed by atoms with E-state index in [1.54, 1.807) is 17.4 Å². The van der Waals surface area contributed by atoms with Gasteiger partial charge in [0.1, 0.15) is 11.9 Å². The van der Waals surface area contributed by atoms with Gasteiger partial charge < -0.3 is 24.8 Å². The first-order valence-electron chi connectivity index (χ1n) is 12.8. The van der Waals surface area contributed by atoms with Crippen LogP contribution >= 0.6 is 34.5 Å². The number of hydroxylamine groups is 3. The monoisotopic (exact) mass is 563 g/mol. The van der Waals surface area contributed by atoms with Crippen molar-refractivity contribution in [2.24, 2.45) is 0 Å². The number of carbonyl (C=O) groups is 1. The van der Waals surface area contributed by atoms with Crippen LogP contribution < -0.4 is 10.2 Å². The smallest absolute Gasteiger partial charge is 0.220 e. The Morgan fingerprint density at radius 3 is 2.84 bits per heavy atom. The fraction of sp³-hybridized carbons (Fsp3) is 0.500. The summed E-state index contributed by atoms with van der Waals surface area (Å²) in [5.74, 6) is 0.893. The number of hydrogen-bond donors (Lipinski definition) is 1. The van der Waals surface area contributed by atoms with Crippen molar-refractivity contribution in [2.45, 2.75) is 38.1 Å². The van der Waals surface area contributed by atoms with Crippen LogP contribution in [0.1, 0.15) is 42.3 Å². The Labute approximate surface area is 230 Å². The van der Waals surface area contributed by atoms with Crippen molar-refractivity contribution >= 4 is 56.6 Å². The molecular formula is C26H31Cl2N5O3S. The van der Waals surface area contributed by atoms with Gasteiger partial charge in [0.2, 0.25) is 5.91 Å². The molecule has 198 valence electrons. The number of rotatable bonds is 9. The third-order valence-electron chi connectivity index (χ3n) is 7.13. The van der Waals surface area contributed by atoms with E-state index >= 15 is 0 Å². The Balaban J connectivity index is 1.08. The molecule has 1 aromatic carbocycles. The van der Waals surface area contributed by atoms with Crippen LogP contribution in [0.5, 0.6) is 0 Å². The van der Waals surface area contributed by atoms with Gasteiger partial charge >= 0.3 is 0 Å². The molecule has 0 spiro atoms. The third-order valence-corrected chi connectivity index (χ3v) is 8.94. The van der Waals surface area contributed by atoms with Crippen molar-refractivity contribution in [2.75, 3.05) is 50.8 Å². The number of thiazole rings is 1. The minimum Gasteiger partial charge on any atom is -0.632 e. The van der Waals surface area contributed by atoms with Crippen molar-refractivity contribution in [3.63, 3.8) is 0 Å². The van der Waals surface area contributed by atoms with Crippen LogP contribution in [0.25, 0.3) is 10.3 Å². The first-order valence-corrected chi connectivity index (χ1v) is 14.4. The van der Waals surface area contributed by atoms with E-state index in [9.17, 15) is 10.0 Å². The molecule has 11 heteroatoms. The molecule has 0 aliphatic carbocycles. The predicted octanol–water partition coefficient (Wildman–Crippen LogP) is 5.12. The Kier molecular flexibility index (Phi) is 8.48. The summed E-state index contributed by atoms with van der Waals surface area (Å²) in [6, 6.07) is 9.42. The van der Waals surface area contributed by atoms with E-state index in [1.165, 1.54) is 0 Å². The van der Waals surface area contributed by atoms with Gasteiger partial charge in [-0.3, -0.25) is 4.79 Å². The maximum Gasteiger partial charge on any atom is 0.220 e. The lowest BCUT2D eigenvalue weighted by molar-refractivity contribution is -0.898. The van der Waals surface area contributed by atoms with Gasteiger partial charge in [-0.2, -0.15) is 0 Å². The number of morpholine rings is 1. The number of hydrogen-bond acceptors (Lipinski definition) is 7. The molecule has 2 atom stereocenters. The number of anilines is 1. The van der Waals surface area contributed by atoms with E-state index < -0.39 is 0 Å². The highest BCUT2D eigenvalue weighted by atomic mass is 35.5. The van der Waals surface area contributed by atoms with Crippen molar-refractivity contribution in [3.05, 3.63) is 56.2 Å². The molecule has 4 heterocycles. The third kappa shape index (κ3) is 6.35. The highest BCUT2D eigenvalue weighted by molar-refractivity contribution is 7.18. The Bertz CT molecular complexity index is 1250. The van der Waals surface area contributed by atoms with Crippen LogP contribution in [-0.4, -0.2) is 66.5 Å². The lowest BCUT2D eigenvalue weighted by Crippen LogP contribution is -2.43. The molecule has 1 amide bonds. The van der Waals surface area contributed by atoms with E-state index in [0.29, 0.717) is 62.2 Å². The fourth-order valence-corrected chi connectivity index (χ4v) is 6.40. The number of ether oxygens (including phenoxy) is 1. The largest absolute Gasteiger partial charge is 0.632 e. The van der Waals surface area contributed by atoms with Crippen LogP contribution in [0.15, 0.2) is 30.3 Å². The number of nitrogens with zero attached hydrogens (tertiary/aromatic N) is 4. The first kappa shape index (κ1) is 26.6. The van der Waals surface area contributed by atoms with Gasteiger partial charge in [0.15, 0.2) is 5.65 Å². The summed E-state index contributed by atoms with van der Waals surface area (Å²) in [5.41, 5.74) is 1.67. The fourth-order valence-electron chi connectivity index (χ4n) is 5.18. The highest BCUT2D eigenvalue weighted by Crippen LogP contribution is 2.40. The van der Waals surface area contributed by atoms with Gasteiger partial charge in [-0.15, -0.1) is 11.3 Å². The quantitative estimate of drug-likeness (QED) is 0.220. The average molecular weight is 565 g/mol. The molecular weight excluding hydrogens is 533 g/mol. The Hall–Kier alpha value is -2.01. The van der Waals surface area contributed by atoms with Crippen LogP contribution in [0.2, 0.25) is 10.0 Å². The molecule has 2 aromatic heterocycles. The number of pyridine rings is 1. The summed E-state index contributed by atoms with van der Waals surface area (Å²) < 4.78 is 6.17. The molecule has 5 rings (SSSR count). The van der Waals surface area contributed by atoms with Gasteiger partial charge in [0, 0.05) is 57.3 Å². The maximum atomic E-state index is 13.5. The second-order valence-corrected chi connectivity index (χ2v) is 11.6. The van der Waals surface area contributed by atoms with Crippen molar-refractivity contribution in [1.29, 1.82) is 0 Å². The average Bonchev–Trinajstić information content (AvgIpc) is 3.50. The number of benzene rings is 1. The van der Waals surface area contributed by atoms with E-state index in [1.807, 2.05) is 18.2 Å². The molecule has 2 unspecified atom stereocenters. The molecule has 2 saturated heterocycles. The zero-order chi connectivity index (χ0) is 25.8. The number of likely N-dealkylation sites (tertiary alicyclic amines) is 1. The lowest BCUT2D eigenvalue weighted by atomic mass is 10.0. The molecule has 1 N–H and O–H groups in total. The van der Waals surface area contributed by atoms with E-state index in [4.69, 9.17) is 32.9 Å². The molecule has 2 aliphatic heterocycles. The van der Waals surface area contributed by atoms with Gasteiger partial charge in [-0.1, -0.05) is 29.3 Å². The van der Waals surface area contributed by atoms with E-state index in [2.05, 4.69) is 21.3 Å². The molecule has 37 heavy (non-hydrogen) atoms. The molecule has 0 bridgehead atoms. The van der Waals surface area contributed by atoms with E-state index in [-0.39, 0.29) is 16.6 Å². The summed E-state index contributed by atoms with van der Waals surface area (Å²) in [6.07, 6.45) is 3.27. The number of aromatic nitrogens is 2. The van der Waals surface area contributed by atoms with Gasteiger partial charge in [0.05, 0.1) is 46.1 Å². The first-order chi connectivity index (χ1) is 17.9. The van der Waals surface area contributed by atoms with Crippen molar-refractivity contribution < 1.29 is 14.2 Å². The number of fused-ring (bicyclic) bond motifs is 1. The Morgan fingerprint density at radius 1 is 1.19 bits per heavy atom. The van der Waals surface area contributed by atoms with Crippen LogP contribution in [0.4, 0.5) is 5.82 Å². The number of carbonyl (C=O) groups excluding carboxylic acids is 1. The molecule has 2 aliphatic rings. The summed E-state index contributed by atoms with van der Waals surface area (Å²) in [4.78, 5) is 24.0. The summed E-state index contributed by atoms with van der Waals surface area (Å²) in [5, 5.41) is 18.4. The van der Waals surface area contributed by atoms with Crippen molar-refractivity contribution in [1.82, 2.24) is 15.3 Å². The highest BCUT2D eigenvalue weighted by Gasteiger charge is 2.35. The predicted molar refractivity (Wildman–Crippen MR) is 148 cm³/mol. The molecule has 8 nitrogen and oxygen atoms in total. The standard InChI is InChI=1S/C26H31Cl2N5O3S/c27-19-5-4-18(17-20(19)28)21-3-1-13-33(21,35)14-2-10-29-24(34)8-9-25-31-26-22(37-25)6-7-23(30-26)32-11-15-36-16-12-32/h4-7,17,21H,1-3,8-16H2,(H,29,34). The lowest BCUT2D eigenvalue weighted by Gasteiger charge is -2.44. The summed E-state index contributed by atoms with van der Waals surface area (Å²) in [6.45, 7) is 4.61. The van der Waals surface area contributed by atoms with Crippen LogP contribution in [-0.2, 0) is 16.0 Å². The number of halogens is 2. The molecule has 2 fully saturated rings. The topological polar surface area (TPSA) is 90.4 Å². The number of nitrogens with one attached hydrogen (secondary N) is 1. The molecule has 3 aromatic rings. The summed E-state index contributed by atoms with van der Waals surface area (Å²) in [7, 11) is 0. The summed E-state index contributed by atoms with van der Waals surface area (Å²) >= 11 is 13.8. The molecule has 0 radical (unpaired) electrons. The maximum absolute atomic E-state index is 13.5. The minimum atomic E-state index is -0.279. The molecule has 0 saturated carbocycles. The number of quaternary nitrogens is 1. The normalized spacial score (nSPS) is 22.0.